The van der Waals surface area contributed by atoms with E-state index in [0.717, 1.165) is 24.2 Å². The molecule has 2 aromatic rings. The van der Waals surface area contributed by atoms with Gasteiger partial charge in [-0.1, -0.05) is 31.0 Å². The van der Waals surface area contributed by atoms with Crippen molar-refractivity contribution >= 4 is 28.7 Å². The molecule has 21 heavy (non-hydrogen) atoms. The van der Waals surface area contributed by atoms with Gasteiger partial charge in [0.05, 0.1) is 12.3 Å². The fourth-order valence-corrected chi connectivity index (χ4v) is 2.03. The quantitative estimate of drug-likeness (QED) is 0.530. The molecule has 0 aliphatic heterocycles. The van der Waals surface area contributed by atoms with Gasteiger partial charge in [-0.05, 0) is 41.9 Å². The van der Waals surface area contributed by atoms with Crippen LogP contribution in [0.4, 0.5) is 17.1 Å². The molecule has 0 aliphatic rings. The minimum atomic E-state index is 0.346. The topological polar surface area (TPSA) is 50.7 Å². The number of nitrogens with zero attached hydrogens (tertiary/aromatic N) is 1. The fraction of sp³-hybridized carbons (Fsp3) is 0.250. The molecule has 0 fully saturated rings. The predicted molar refractivity (Wildman–Crippen MR) is 87.0 cm³/mol. The second-order valence-corrected chi connectivity index (χ2v) is 5.05. The predicted octanol–water partition coefficient (Wildman–Crippen LogP) is 5.66. The van der Waals surface area contributed by atoms with Gasteiger partial charge in [-0.25, -0.2) is 0 Å². The Morgan fingerprint density at radius 1 is 1.24 bits per heavy atom. The average Bonchev–Trinajstić information content (AvgIpc) is 2.49. The Bertz CT molecular complexity index is 617. The van der Waals surface area contributed by atoms with Crippen LogP contribution >= 0.6 is 11.6 Å². The van der Waals surface area contributed by atoms with Crippen LogP contribution in [0.15, 0.2) is 47.6 Å². The van der Waals surface area contributed by atoms with Crippen molar-refractivity contribution in [2.45, 2.75) is 19.8 Å². The normalized spacial score (nSPS) is 10.2. The maximum Gasteiger partial charge on any atom is 0.145 e. The molecule has 1 N–H and O–H groups in total. The van der Waals surface area contributed by atoms with Crippen LogP contribution in [-0.4, -0.2) is 6.61 Å². The van der Waals surface area contributed by atoms with Gasteiger partial charge < -0.3 is 10.1 Å². The Balaban J connectivity index is 2.22. The number of rotatable bonds is 7. The van der Waals surface area contributed by atoms with Crippen LogP contribution in [0.5, 0.6) is 5.75 Å². The van der Waals surface area contributed by atoms with Gasteiger partial charge in [0.15, 0.2) is 0 Å². The highest BCUT2D eigenvalue weighted by Crippen LogP contribution is 2.32. The molecule has 110 valence electrons. The molecule has 4 nitrogen and oxygen atoms in total. The van der Waals surface area contributed by atoms with Gasteiger partial charge in [0, 0.05) is 16.8 Å². The van der Waals surface area contributed by atoms with Gasteiger partial charge in [0.1, 0.15) is 11.4 Å². The van der Waals surface area contributed by atoms with E-state index in [2.05, 4.69) is 17.4 Å². The first-order valence-electron chi connectivity index (χ1n) is 6.85. The molecule has 5 heteroatoms. The second kappa shape index (κ2) is 7.64. The maximum atomic E-state index is 10.7. The molecule has 2 aromatic carbocycles. The van der Waals surface area contributed by atoms with Crippen molar-refractivity contribution in [2.75, 3.05) is 11.9 Å². The molecule has 0 heterocycles. The Morgan fingerprint density at radius 2 is 2.10 bits per heavy atom. The van der Waals surface area contributed by atoms with Crippen molar-refractivity contribution < 1.29 is 4.74 Å². The number of ether oxygens (including phenoxy) is 1. The van der Waals surface area contributed by atoms with Crippen LogP contribution in [0.25, 0.3) is 0 Å². The lowest BCUT2D eigenvalue weighted by atomic mass is 10.2. The van der Waals surface area contributed by atoms with Crippen molar-refractivity contribution in [2.24, 2.45) is 5.18 Å². The smallest absolute Gasteiger partial charge is 0.145 e. The van der Waals surface area contributed by atoms with Gasteiger partial charge in [-0.3, -0.25) is 0 Å². The largest absolute Gasteiger partial charge is 0.491 e. The monoisotopic (exact) mass is 304 g/mol. The summed E-state index contributed by atoms with van der Waals surface area (Å²) in [5.41, 5.74) is 1.98. The van der Waals surface area contributed by atoms with Crippen LogP contribution in [0.2, 0.25) is 5.02 Å². The zero-order valence-corrected chi connectivity index (χ0v) is 12.6. The highest BCUT2D eigenvalue weighted by Gasteiger charge is 2.07. The van der Waals surface area contributed by atoms with Crippen LogP contribution in [0.1, 0.15) is 19.8 Å². The molecule has 0 aromatic heterocycles. The van der Waals surface area contributed by atoms with Gasteiger partial charge in [-0.15, -0.1) is 4.91 Å². The molecular formula is C16H17ClN2O2. The third kappa shape index (κ3) is 4.46. The van der Waals surface area contributed by atoms with E-state index in [-0.39, 0.29) is 0 Å². The third-order valence-electron chi connectivity index (χ3n) is 2.93. The van der Waals surface area contributed by atoms with Gasteiger partial charge in [0.2, 0.25) is 0 Å². The number of hydrogen-bond acceptors (Lipinski definition) is 4. The molecule has 2 rings (SSSR count). The summed E-state index contributed by atoms with van der Waals surface area (Å²) >= 11 is 5.97. The van der Waals surface area contributed by atoms with Gasteiger partial charge in [-0.2, -0.15) is 0 Å². The molecule has 0 aliphatic carbocycles. The second-order valence-electron chi connectivity index (χ2n) is 4.61. The van der Waals surface area contributed by atoms with Gasteiger partial charge in [0.25, 0.3) is 0 Å². The van der Waals surface area contributed by atoms with E-state index in [1.807, 2.05) is 24.3 Å². The fourth-order valence-electron chi connectivity index (χ4n) is 1.84. The van der Waals surface area contributed by atoms with Crippen LogP contribution < -0.4 is 10.1 Å². The molecule has 0 saturated heterocycles. The summed E-state index contributed by atoms with van der Waals surface area (Å²) in [7, 11) is 0. The highest BCUT2D eigenvalue weighted by molar-refractivity contribution is 6.30. The van der Waals surface area contributed by atoms with E-state index in [1.165, 1.54) is 0 Å². The Kier molecular flexibility index (Phi) is 5.58. The van der Waals surface area contributed by atoms with E-state index < -0.39 is 0 Å². The Labute approximate surface area is 129 Å². The minimum Gasteiger partial charge on any atom is -0.491 e. The summed E-state index contributed by atoms with van der Waals surface area (Å²) in [5, 5.41) is 6.83. The average molecular weight is 305 g/mol. The first-order chi connectivity index (χ1) is 10.2. The molecular weight excluding hydrogens is 288 g/mol. The van der Waals surface area contributed by atoms with Crippen molar-refractivity contribution in [3.63, 3.8) is 0 Å². The van der Waals surface area contributed by atoms with E-state index in [9.17, 15) is 4.91 Å². The standard InChI is InChI=1S/C16H17ClN2O2/c1-2-3-9-21-16-11-14(19-20)7-8-15(16)18-13-6-4-5-12(17)10-13/h4-8,10-11,18H,2-3,9H2,1H3. The molecule has 0 radical (unpaired) electrons. The van der Waals surface area contributed by atoms with Gasteiger partial charge >= 0.3 is 0 Å². The zero-order valence-electron chi connectivity index (χ0n) is 11.8. The number of unbranched alkanes of at least 4 members (excludes halogenated alkanes) is 1. The number of nitroso groups, excluding NO2 is 1. The molecule has 0 spiro atoms. The first kappa shape index (κ1) is 15.3. The number of hydrogen-bond donors (Lipinski definition) is 1. The Hall–Kier alpha value is -2.07. The molecule has 0 bridgehead atoms. The van der Waals surface area contributed by atoms with Crippen molar-refractivity contribution in [1.29, 1.82) is 0 Å². The maximum absolute atomic E-state index is 10.7. The van der Waals surface area contributed by atoms with Crippen molar-refractivity contribution in [1.82, 2.24) is 0 Å². The highest BCUT2D eigenvalue weighted by atomic mass is 35.5. The third-order valence-corrected chi connectivity index (χ3v) is 3.16. The molecule has 0 atom stereocenters. The van der Waals surface area contributed by atoms with Crippen LogP contribution in [0, 0.1) is 4.91 Å². The van der Waals surface area contributed by atoms with Crippen LogP contribution in [-0.2, 0) is 0 Å². The van der Waals surface area contributed by atoms with Crippen molar-refractivity contribution in [3.8, 4) is 5.75 Å². The molecule has 0 unspecified atom stereocenters. The number of halogens is 1. The Morgan fingerprint density at radius 3 is 2.81 bits per heavy atom. The summed E-state index contributed by atoms with van der Waals surface area (Å²) < 4.78 is 5.73. The van der Waals surface area contributed by atoms with E-state index >= 15 is 0 Å². The van der Waals surface area contributed by atoms with Crippen LogP contribution in [0.3, 0.4) is 0 Å². The lowest BCUT2D eigenvalue weighted by Gasteiger charge is -2.13. The molecule has 0 saturated carbocycles. The zero-order chi connectivity index (χ0) is 15.1. The minimum absolute atomic E-state index is 0.346. The summed E-state index contributed by atoms with van der Waals surface area (Å²) in [4.78, 5) is 10.7. The lowest BCUT2D eigenvalue weighted by molar-refractivity contribution is 0.311. The van der Waals surface area contributed by atoms with E-state index in [0.29, 0.717) is 23.1 Å². The summed E-state index contributed by atoms with van der Waals surface area (Å²) in [6.07, 6.45) is 2.00. The van der Waals surface area contributed by atoms with E-state index in [4.69, 9.17) is 16.3 Å². The summed E-state index contributed by atoms with van der Waals surface area (Å²) in [5.74, 6) is 0.612. The summed E-state index contributed by atoms with van der Waals surface area (Å²) in [6.45, 7) is 2.70. The summed E-state index contributed by atoms with van der Waals surface area (Å²) in [6, 6.07) is 12.5. The van der Waals surface area contributed by atoms with Crippen molar-refractivity contribution in [3.05, 3.63) is 52.4 Å². The SMILES string of the molecule is CCCCOc1cc(N=O)ccc1Nc1cccc(Cl)c1. The number of nitrogens with one attached hydrogen (secondary N) is 1. The number of anilines is 2. The lowest BCUT2D eigenvalue weighted by Crippen LogP contribution is -2.00. The molecule has 0 amide bonds. The van der Waals surface area contributed by atoms with E-state index in [1.54, 1.807) is 18.2 Å². The number of benzene rings is 2. The first-order valence-corrected chi connectivity index (χ1v) is 7.23.